The summed E-state index contributed by atoms with van der Waals surface area (Å²) in [6, 6.07) is 14.7. The standard InChI is InChI=1S/C17H16ClNO3/c1-21-14-7-3-12(4-8-14)16(11-19-20)17(18)13-5-9-15(22-2)10-6-13/h3-11,20H,1-2H3/b17-16+,19-11?. The number of nitrogens with zero attached hydrogens (tertiary/aromatic N) is 1. The summed E-state index contributed by atoms with van der Waals surface area (Å²) in [6.45, 7) is 0. The minimum atomic E-state index is 0.477. The van der Waals surface area contributed by atoms with E-state index in [1.165, 1.54) is 6.21 Å². The van der Waals surface area contributed by atoms with Crippen molar-refractivity contribution in [3.8, 4) is 11.5 Å². The third kappa shape index (κ3) is 3.59. The maximum Gasteiger partial charge on any atom is 0.118 e. The van der Waals surface area contributed by atoms with E-state index in [2.05, 4.69) is 5.16 Å². The fourth-order valence-corrected chi connectivity index (χ4v) is 2.26. The molecule has 2 aromatic carbocycles. The van der Waals surface area contributed by atoms with E-state index in [0.717, 1.165) is 22.6 Å². The summed E-state index contributed by atoms with van der Waals surface area (Å²) in [7, 11) is 3.21. The van der Waals surface area contributed by atoms with E-state index in [1.807, 2.05) is 48.5 Å². The molecule has 0 spiro atoms. The van der Waals surface area contributed by atoms with E-state index in [0.29, 0.717) is 10.6 Å². The van der Waals surface area contributed by atoms with Crippen molar-refractivity contribution >= 4 is 28.4 Å². The molecular weight excluding hydrogens is 302 g/mol. The molecule has 2 aromatic rings. The number of oxime groups is 1. The Morgan fingerprint density at radius 1 is 0.909 bits per heavy atom. The van der Waals surface area contributed by atoms with Crippen LogP contribution in [0.15, 0.2) is 53.7 Å². The predicted molar refractivity (Wildman–Crippen MR) is 88.9 cm³/mol. The van der Waals surface area contributed by atoms with Crippen molar-refractivity contribution in [2.24, 2.45) is 5.16 Å². The number of rotatable bonds is 5. The van der Waals surface area contributed by atoms with Crippen LogP contribution in [0.4, 0.5) is 0 Å². The van der Waals surface area contributed by atoms with Crippen LogP contribution in [0, 0.1) is 0 Å². The van der Waals surface area contributed by atoms with Gasteiger partial charge in [0.05, 0.1) is 25.5 Å². The summed E-state index contributed by atoms with van der Waals surface area (Å²) in [5.74, 6) is 1.49. The molecule has 1 N–H and O–H groups in total. The molecule has 4 nitrogen and oxygen atoms in total. The first-order valence-electron chi connectivity index (χ1n) is 6.55. The van der Waals surface area contributed by atoms with Gasteiger partial charge in [-0.3, -0.25) is 0 Å². The highest BCUT2D eigenvalue weighted by Gasteiger charge is 2.09. The van der Waals surface area contributed by atoms with E-state index in [9.17, 15) is 0 Å². The van der Waals surface area contributed by atoms with Crippen molar-refractivity contribution in [3.63, 3.8) is 0 Å². The Bertz CT molecular complexity index is 676. The Morgan fingerprint density at radius 2 is 1.36 bits per heavy atom. The number of methoxy groups -OCH3 is 2. The van der Waals surface area contributed by atoms with Crippen LogP contribution in [0.25, 0.3) is 10.6 Å². The summed E-state index contributed by atoms with van der Waals surface area (Å²) in [5, 5.41) is 12.5. The van der Waals surface area contributed by atoms with Crippen LogP contribution in [0.5, 0.6) is 11.5 Å². The van der Waals surface area contributed by atoms with Crippen LogP contribution in [-0.4, -0.2) is 25.6 Å². The highest BCUT2D eigenvalue weighted by atomic mass is 35.5. The molecule has 0 radical (unpaired) electrons. The third-order valence-electron chi connectivity index (χ3n) is 3.17. The van der Waals surface area contributed by atoms with Crippen molar-refractivity contribution in [2.75, 3.05) is 14.2 Å². The van der Waals surface area contributed by atoms with Gasteiger partial charge in [0.25, 0.3) is 0 Å². The monoisotopic (exact) mass is 317 g/mol. The second-order valence-corrected chi connectivity index (χ2v) is 4.81. The Labute approximate surface area is 134 Å². The van der Waals surface area contributed by atoms with Crippen LogP contribution in [0.3, 0.4) is 0 Å². The van der Waals surface area contributed by atoms with Crippen molar-refractivity contribution in [1.29, 1.82) is 0 Å². The molecule has 0 heterocycles. The topological polar surface area (TPSA) is 51.0 Å². The zero-order valence-electron chi connectivity index (χ0n) is 12.3. The van der Waals surface area contributed by atoms with Crippen molar-refractivity contribution in [3.05, 3.63) is 59.7 Å². The quantitative estimate of drug-likeness (QED) is 0.388. The lowest BCUT2D eigenvalue weighted by Gasteiger charge is -2.08. The van der Waals surface area contributed by atoms with Crippen LogP contribution in [0.1, 0.15) is 11.1 Å². The molecule has 0 aliphatic rings. The minimum Gasteiger partial charge on any atom is -0.497 e. The minimum absolute atomic E-state index is 0.477. The molecule has 0 amide bonds. The number of hydrogen-bond acceptors (Lipinski definition) is 4. The molecule has 0 atom stereocenters. The molecule has 2 rings (SSSR count). The average Bonchev–Trinajstić information content (AvgIpc) is 2.59. The van der Waals surface area contributed by atoms with Gasteiger partial charge < -0.3 is 14.7 Å². The van der Waals surface area contributed by atoms with Crippen LogP contribution in [0.2, 0.25) is 0 Å². The molecule has 0 bridgehead atoms. The summed E-state index contributed by atoms with van der Waals surface area (Å²) in [4.78, 5) is 0. The lowest BCUT2D eigenvalue weighted by atomic mass is 10.0. The maximum atomic E-state index is 8.91. The second-order valence-electron chi connectivity index (χ2n) is 4.43. The number of benzene rings is 2. The van der Waals surface area contributed by atoms with Gasteiger partial charge in [-0.05, 0) is 47.5 Å². The largest absolute Gasteiger partial charge is 0.497 e. The molecular formula is C17H16ClNO3. The van der Waals surface area contributed by atoms with Crippen molar-refractivity contribution in [1.82, 2.24) is 0 Å². The van der Waals surface area contributed by atoms with Gasteiger partial charge in [-0.2, -0.15) is 0 Å². The number of ether oxygens (including phenoxy) is 2. The smallest absolute Gasteiger partial charge is 0.118 e. The predicted octanol–water partition coefficient (Wildman–Crippen LogP) is 4.27. The summed E-state index contributed by atoms with van der Waals surface area (Å²) in [6.07, 6.45) is 1.31. The SMILES string of the molecule is COc1ccc(/C(Cl)=C(/C=NO)c2ccc(OC)cc2)cc1. The van der Waals surface area contributed by atoms with E-state index in [-0.39, 0.29) is 0 Å². The summed E-state index contributed by atoms with van der Waals surface area (Å²) < 4.78 is 10.3. The molecule has 22 heavy (non-hydrogen) atoms. The molecule has 0 saturated heterocycles. The molecule has 0 unspecified atom stereocenters. The average molecular weight is 318 g/mol. The first-order valence-corrected chi connectivity index (χ1v) is 6.93. The van der Waals surface area contributed by atoms with E-state index >= 15 is 0 Å². The summed E-state index contributed by atoms with van der Waals surface area (Å²) in [5.41, 5.74) is 2.23. The number of allylic oxidation sites excluding steroid dienone is 1. The van der Waals surface area contributed by atoms with Crippen LogP contribution in [-0.2, 0) is 0 Å². The van der Waals surface area contributed by atoms with Gasteiger partial charge in [0.2, 0.25) is 0 Å². The Hall–Kier alpha value is -2.46. The molecule has 0 fully saturated rings. The molecule has 0 aromatic heterocycles. The van der Waals surface area contributed by atoms with Crippen molar-refractivity contribution < 1.29 is 14.7 Å². The third-order valence-corrected chi connectivity index (χ3v) is 3.59. The lowest BCUT2D eigenvalue weighted by Crippen LogP contribution is -1.92. The lowest BCUT2D eigenvalue weighted by molar-refractivity contribution is 0.322. The van der Waals surface area contributed by atoms with E-state index in [4.69, 9.17) is 26.3 Å². The molecule has 0 aliphatic carbocycles. The van der Waals surface area contributed by atoms with Crippen LogP contribution < -0.4 is 9.47 Å². The van der Waals surface area contributed by atoms with Gasteiger partial charge in [-0.15, -0.1) is 0 Å². The zero-order chi connectivity index (χ0) is 15.9. The molecule has 0 saturated carbocycles. The van der Waals surface area contributed by atoms with Gasteiger partial charge >= 0.3 is 0 Å². The maximum absolute atomic E-state index is 8.91. The Balaban J connectivity index is 2.46. The van der Waals surface area contributed by atoms with Gasteiger partial charge in [-0.25, -0.2) is 0 Å². The fraction of sp³-hybridized carbons (Fsp3) is 0.118. The number of halogens is 1. The van der Waals surface area contributed by atoms with Gasteiger partial charge in [-0.1, -0.05) is 28.9 Å². The molecule has 0 aliphatic heterocycles. The number of hydrogen-bond donors (Lipinski definition) is 1. The van der Waals surface area contributed by atoms with Gasteiger partial charge in [0, 0.05) is 5.57 Å². The van der Waals surface area contributed by atoms with Gasteiger partial charge in [0.1, 0.15) is 11.5 Å². The van der Waals surface area contributed by atoms with E-state index < -0.39 is 0 Å². The second kappa shape index (κ2) is 7.52. The first kappa shape index (κ1) is 15.9. The normalized spacial score (nSPS) is 12.1. The first-order chi connectivity index (χ1) is 10.7. The molecule has 114 valence electrons. The molecule has 5 heteroatoms. The Morgan fingerprint density at radius 3 is 1.77 bits per heavy atom. The zero-order valence-corrected chi connectivity index (χ0v) is 13.0. The van der Waals surface area contributed by atoms with E-state index in [1.54, 1.807) is 14.2 Å². The highest BCUT2D eigenvalue weighted by Crippen LogP contribution is 2.30. The van der Waals surface area contributed by atoms with Crippen molar-refractivity contribution in [2.45, 2.75) is 0 Å². The summed E-state index contributed by atoms with van der Waals surface area (Å²) >= 11 is 6.46. The van der Waals surface area contributed by atoms with Gasteiger partial charge in [0.15, 0.2) is 0 Å². The Kier molecular flexibility index (Phi) is 5.44. The van der Waals surface area contributed by atoms with Crippen LogP contribution >= 0.6 is 11.6 Å². The fourth-order valence-electron chi connectivity index (χ4n) is 1.98. The highest BCUT2D eigenvalue weighted by molar-refractivity contribution is 6.56.